The molecule has 0 saturated carbocycles. The Morgan fingerprint density at radius 2 is 2.05 bits per heavy atom. The summed E-state index contributed by atoms with van der Waals surface area (Å²) in [6.07, 6.45) is 0. The first-order valence-corrected chi connectivity index (χ1v) is 7.19. The molecule has 1 aliphatic heterocycles. The summed E-state index contributed by atoms with van der Waals surface area (Å²) in [5.74, 6) is 0.0497. The molecule has 0 radical (unpaired) electrons. The summed E-state index contributed by atoms with van der Waals surface area (Å²) in [6.45, 7) is 0.895. The van der Waals surface area contributed by atoms with E-state index in [0.717, 1.165) is 11.3 Å². The van der Waals surface area contributed by atoms with E-state index in [1.165, 1.54) is 4.90 Å². The molecule has 5 nitrogen and oxygen atoms in total. The first-order chi connectivity index (χ1) is 9.13. The van der Waals surface area contributed by atoms with Crippen molar-refractivity contribution in [2.75, 3.05) is 18.1 Å². The number of carbonyl (C=O) groups is 2. The van der Waals surface area contributed by atoms with Crippen LogP contribution < -0.4 is 5.73 Å². The Labute approximate surface area is 115 Å². The number of hydrogen-bond donors (Lipinski definition) is 2. The maximum Gasteiger partial charge on any atom is 0.327 e. The second-order valence-electron chi connectivity index (χ2n) is 4.33. The van der Waals surface area contributed by atoms with Crippen LogP contribution in [0.1, 0.15) is 15.9 Å². The third kappa shape index (κ3) is 3.08. The van der Waals surface area contributed by atoms with Crippen molar-refractivity contribution < 1.29 is 14.7 Å². The first-order valence-electron chi connectivity index (χ1n) is 6.04. The monoisotopic (exact) mass is 280 g/mol. The zero-order valence-electron chi connectivity index (χ0n) is 10.4. The van der Waals surface area contributed by atoms with Gasteiger partial charge in [0.15, 0.2) is 0 Å². The van der Waals surface area contributed by atoms with Crippen molar-refractivity contribution in [3.05, 3.63) is 35.4 Å². The standard InChI is InChI=1S/C13H16N2O3S/c14-7-9-1-3-10(4-2-9)12(16)15-5-6-19-8-11(15)13(17)18/h1-4,11H,5-8,14H2,(H,17,18). The van der Waals surface area contributed by atoms with Gasteiger partial charge in [-0.15, -0.1) is 0 Å². The molecular formula is C13H16N2O3S. The van der Waals surface area contributed by atoms with Crippen LogP contribution in [-0.2, 0) is 11.3 Å². The molecule has 1 amide bonds. The van der Waals surface area contributed by atoms with Crippen molar-refractivity contribution in [1.82, 2.24) is 4.90 Å². The highest BCUT2D eigenvalue weighted by atomic mass is 32.2. The molecule has 1 atom stereocenters. The fourth-order valence-corrected chi connectivity index (χ4v) is 3.04. The minimum Gasteiger partial charge on any atom is -0.480 e. The molecule has 19 heavy (non-hydrogen) atoms. The number of hydrogen-bond acceptors (Lipinski definition) is 4. The van der Waals surface area contributed by atoms with Gasteiger partial charge >= 0.3 is 5.97 Å². The predicted octanol–water partition coefficient (Wildman–Crippen LogP) is 0.787. The van der Waals surface area contributed by atoms with Crippen LogP contribution in [0.25, 0.3) is 0 Å². The van der Waals surface area contributed by atoms with Crippen molar-refractivity contribution in [3.63, 3.8) is 0 Å². The Bertz CT molecular complexity index is 475. The SMILES string of the molecule is NCc1ccc(C(=O)N2CCSCC2C(=O)O)cc1. The summed E-state index contributed by atoms with van der Waals surface area (Å²) in [7, 11) is 0. The highest BCUT2D eigenvalue weighted by Crippen LogP contribution is 2.19. The van der Waals surface area contributed by atoms with E-state index in [0.29, 0.717) is 24.4 Å². The summed E-state index contributed by atoms with van der Waals surface area (Å²) < 4.78 is 0. The summed E-state index contributed by atoms with van der Waals surface area (Å²) in [5, 5.41) is 9.16. The number of aliphatic carboxylic acids is 1. The van der Waals surface area contributed by atoms with E-state index in [1.54, 1.807) is 36.0 Å². The zero-order valence-corrected chi connectivity index (χ0v) is 11.2. The summed E-state index contributed by atoms with van der Waals surface area (Å²) in [4.78, 5) is 25.0. The third-order valence-corrected chi connectivity index (χ3v) is 4.13. The molecule has 0 aliphatic carbocycles. The normalized spacial score (nSPS) is 19.2. The Hall–Kier alpha value is -1.53. The van der Waals surface area contributed by atoms with Gasteiger partial charge in [-0.3, -0.25) is 4.79 Å². The van der Waals surface area contributed by atoms with E-state index in [1.807, 2.05) is 0 Å². The predicted molar refractivity (Wildman–Crippen MR) is 74.1 cm³/mol. The van der Waals surface area contributed by atoms with Crippen LogP contribution in [0.5, 0.6) is 0 Å². The number of benzene rings is 1. The number of carbonyl (C=O) groups excluding carboxylic acids is 1. The molecule has 102 valence electrons. The van der Waals surface area contributed by atoms with Crippen LogP contribution in [0.2, 0.25) is 0 Å². The third-order valence-electron chi connectivity index (χ3n) is 3.11. The van der Waals surface area contributed by atoms with Gasteiger partial charge in [0.1, 0.15) is 6.04 Å². The highest BCUT2D eigenvalue weighted by Gasteiger charge is 2.32. The van der Waals surface area contributed by atoms with Crippen LogP contribution in [0.15, 0.2) is 24.3 Å². The number of nitrogens with two attached hydrogens (primary N) is 1. The van der Waals surface area contributed by atoms with Crippen LogP contribution in [-0.4, -0.2) is 46.0 Å². The average Bonchev–Trinajstić information content (AvgIpc) is 2.46. The number of nitrogens with zero attached hydrogens (tertiary/aromatic N) is 1. The maximum atomic E-state index is 12.3. The van der Waals surface area contributed by atoms with Gasteiger partial charge < -0.3 is 15.7 Å². The number of carboxylic acid groups (broad SMARTS) is 1. The molecule has 6 heteroatoms. The van der Waals surface area contributed by atoms with E-state index in [4.69, 9.17) is 10.8 Å². The van der Waals surface area contributed by atoms with Crippen molar-refractivity contribution >= 4 is 23.6 Å². The molecule has 1 saturated heterocycles. The van der Waals surface area contributed by atoms with Gasteiger partial charge in [0, 0.05) is 30.2 Å². The molecule has 1 unspecified atom stereocenters. The number of carboxylic acids is 1. The largest absolute Gasteiger partial charge is 0.480 e. The molecule has 1 aromatic carbocycles. The summed E-state index contributed by atoms with van der Waals surface area (Å²) >= 11 is 1.56. The second kappa shape index (κ2) is 6.08. The van der Waals surface area contributed by atoms with E-state index in [2.05, 4.69) is 0 Å². The summed E-state index contributed by atoms with van der Waals surface area (Å²) in [5.41, 5.74) is 6.96. The molecular weight excluding hydrogens is 264 g/mol. The molecule has 3 N–H and O–H groups in total. The molecule has 1 fully saturated rings. The van der Waals surface area contributed by atoms with Gasteiger partial charge in [-0.2, -0.15) is 11.8 Å². The molecule has 2 rings (SSSR count). The molecule has 0 bridgehead atoms. The lowest BCUT2D eigenvalue weighted by atomic mass is 10.1. The van der Waals surface area contributed by atoms with Crippen LogP contribution >= 0.6 is 11.8 Å². The number of thioether (sulfide) groups is 1. The Kier molecular flexibility index (Phi) is 4.44. The smallest absolute Gasteiger partial charge is 0.327 e. The number of amides is 1. The fraction of sp³-hybridized carbons (Fsp3) is 0.385. The van der Waals surface area contributed by atoms with Crippen LogP contribution in [0.4, 0.5) is 0 Å². The lowest BCUT2D eigenvalue weighted by molar-refractivity contribution is -0.141. The van der Waals surface area contributed by atoms with Crippen molar-refractivity contribution in [1.29, 1.82) is 0 Å². The van der Waals surface area contributed by atoms with E-state index in [9.17, 15) is 9.59 Å². The minimum atomic E-state index is -0.945. The molecule has 1 aliphatic rings. The van der Waals surface area contributed by atoms with Crippen molar-refractivity contribution in [2.24, 2.45) is 5.73 Å². The first kappa shape index (κ1) is 13.9. The van der Waals surface area contributed by atoms with Crippen molar-refractivity contribution in [2.45, 2.75) is 12.6 Å². The van der Waals surface area contributed by atoms with E-state index < -0.39 is 12.0 Å². The Morgan fingerprint density at radius 1 is 1.37 bits per heavy atom. The van der Waals surface area contributed by atoms with Crippen LogP contribution in [0, 0.1) is 0 Å². The molecule has 0 spiro atoms. The lowest BCUT2D eigenvalue weighted by Crippen LogP contribution is -2.50. The average molecular weight is 280 g/mol. The fourth-order valence-electron chi connectivity index (χ4n) is 2.00. The Balaban J connectivity index is 2.18. The highest BCUT2D eigenvalue weighted by molar-refractivity contribution is 7.99. The lowest BCUT2D eigenvalue weighted by Gasteiger charge is -2.32. The zero-order chi connectivity index (χ0) is 13.8. The van der Waals surface area contributed by atoms with Gasteiger partial charge in [-0.05, 0) is 17.7 Å². The van der Waals surface area contributed by atoms with Crippen molar-refractivity contribution in [3.8, 4) is 0 Å². The van der Waals surface area contributed by atoms with Gasteiger partial charge in [0.05, 0.1) is 0 Å². The molecule has 1 heterocycles. The van der Waals surface area contributed by atoms with Gasteiger partial charge in [0.2, 0.25) is 0 Å². The van der Waals surface area contributed by atoms with Gasteiger partial charge in [-0.25, -0.2) is 4.79 Å². The quantitative estimate of drug-likeness (QED) is 0.855. The van der Waals surface area contributed by atoms with Gasteiger partial charge in [-0.1, -0.05) is 12.1 Å². The Morgan fingerprint density at radius 3 is 2.63 bits per heavy atom. The van der Waals surface area contributed by atoms with Crippen LogP contribution in [0.3, 0.4) is 0 Å². The second-order valence-corrected chi connectivity index (χ2v) is 5.48. The molecule has 0 aromatic heterocycles. The van der Waals surface area contributed by atoms with E-state index in [-0.39, 0.29) is 5.91 Å². The summed E-state index contributed by atoms with van der Waals surface area (Å²) in [6, 6.07) is 6.25. The number of rotatable bonds is 3. The topological polar surface area (TPSA) is 83.6 Å². The minimum absolute atomic E-state index is 0.226. The van der Waals surface area contributed by atoms with E-state index >= 15 is 0 Å². The van der Waals surface area contributed by atoms with Gasteiger partial charge in [0.25, 0.3) is 5.91 Å². The molecule has 1 aromatic rings. The maximum absolute atomic E-state index is 12.3.